The van der Waals surface area contributed by atoms with E-state index < -0.39 is 0 Å². The molecule has 0 spiro atoms. The lowest BCUT2D eigenvalue weighted by Crippen LogP contribution is -1.94. The summed E-state index contributed by atoms with van der Waals surface area (Å²) in [7, 11) is 0. The number of hydrogen-bond donors (Lipinski definition) is 0. The van der Waals surface area contributed by atoms with Gasteiger partial charge in [-0.15, -0.1) is 0 Å². The molecule has 0 aliphatic heterocycles. The normalized spacial score (nSPS) is 11.1. The summed E-state index contributed by atoms with van der Waals surface area (Å²) in [4.78, 5) is 3.80. The second-order valence-corrected chi connectivity index (χ2v) is 10.6. The first kappa shape index (κ1) is 25.1. The lowest BCUT2D eigenvalue weighted by Gasteiger charge is -2.11. The van der Waals surface area contributed by atoms with E-state index in [0.29, 0.717) is 22.4 Å². The van der Waals surface area contributed by atoms with E-state index in [4.69, 9.17) is 11.0 Å². The van der Waals surface area contributed by atoms with Gasteiger partial charge in [-0.3, -0.25) is 0 Å². The molecule has 0 atom stereocenters. The molecule has 2 heterocycles. The van der Waals surface area contributed by atoms with Crippen molar-refractivity contribution in [2.24, 2.45) is 0 Å². The van der Waals surface area contributed by atoms with Gasteiger partial charge in [0.2, 0.25) is 0 Å². The first-order chi connectivity index (χ1) is 21.7. The standard InChI is InChI=1S/C39H20N4O/c1-42-33-13-6-9-26(23-41)38(33)30-12-7-14-35-39(30)32-20-24(28-10-3-2-8-25(28)22-40)16-18-34(32)43(35)27-17-19-37-31(21-27)29-11-4-5-15-36(29)44-37/h2-21H. The molecule has 0 aliphatic rings. The summed E-state index contributed by atoms with van der Waals surface area (Å²) < 4.78 is 8.34. The van der Waals surface area contributed by atoms with Crippen molar-refractivity contribution in [2.45, 2.75) is 0 Å². The molecule has 0 N–H and O–H groups in total. The van der Waals surface area contributed by atoms with Gasteiger partial charge in [0.15, 0.2) is 5.69 Å². The van der Waals surface area contributed by atoms with Gasteiger partial charge in [-0.2, -0.15) is 10.5 Å². The van der Waals surface area contributed by atoms with Crippen LogP contribution < -0.4 is 0 Å². The van der Waals surface area contributed by atoms with Crippen LogP contribution in [0.2, 0.25) is 0 Å². The fraction of sp³-hybridized carbons (Fsp3) is 0. The fourth-order valence-electron chi connectivity index (χ4n) is 6.42. The molecule has 2 aromatic heterocycles. The van der Waals surface area contributed by atoms with Crippen LogP contribution in [0, 0.1) is 29.2 Å². The Balaban J connectivity index is 1.51. The molecule has 0 saturated carbocycles. The molecular weight excluding hydrogens is 540 g/mol. The van der Waals surface area contributed by atoms with Crippen LogP contribution in [0.1, 0.15) is 11.1 Å². The van der Waals surface area contributed by atoms with Crippen molar-refractivity contribution < 1.29 is 4.42 Å². The molecule has 8 rings (SSSR count). The average Bonchev–Trinajstić information content (AvgIpc) is 3.62. The van der Waals surface area contributed by atoms with Crippen molar-refractivity contribution in [2.75, 3.05) is 0 Å². The number of benzene rings is 6. The minimum absolute atomic E-state index is 0.426. The highest BCUT2D eigenvalue weighted by atomic mass is 16.3. The minimum Gasteiger partial charge on any atom is -0.456 e. The Morgan fingerprint density at radius 3 is 2.23 bits per heavy atom. The van der Waals surface area contributed by atoms with Gasteiger partial charge in [-0.1, -0.05) is 66.7 Å². The van der Waals surface area contributed by atoms with Crippen molar-refractivity contribution >= 4 is 49.4 Å². The van der Waals surface area contributed by atoms with E-state index in [1.807, 2.05) is 66.7 Å². The van der Waals surface area contributed by atoms with Gasteiger partial charge in [0.1, 0.15) is 11.2 Å². The summed E-state index contributed by atoms with van der Waals surface area (Å²) in [5.41, 5.74) is 9.20. The van der Waals surface area contributed by atoms with Crippen LogP contribution in [-0.2, 0) is 0 Å². The van der Waals surface area contributed by atoms with Crippen LogP contribution in [-0.4, -0.2) is 4.57 Å². The lowest BCUT2D eigenvalue weighted by atomic mass is 9.93. The Morgan fingerprint density at radius 1 is 0.614 bits per heavy atom. The van der Waals surface area contributed by atoms with E-state index in [9.17, 15) is 10.5 Å². The predicted octanol–water partition coefficient (Wildman–Crippen LogP) is 10.3. The molecule has 202 valence electrons. The zero-order chi connectivity index (χ0) is 29.8. The molecule has 0 bridgehead atoms. The van der Waals surface area contributed by atoms with Gasteiger partial charge < -0.3 is 8.98 Å². The third-order valence-electron chi connectivity index (χ3n) is 8.32. The zero-order valence-electron chi connectivity index (χ0n) is 23.2. The van der Waals surface area contributed by atoms with Crippen molar-refractivity contribution in [1.82, 2.24) is 4.57 Å². The molecule has 0 amide bonds. The smallest absolute Gasteiger partial charge is 0.196 e. The zero-order valence-corrected chi connectivity index (χ0v) is 23.2. The Bertz CT molecular complexity index is 2570. The Kier molecular flexibility index (Phi) is 5.56. The van der Waals surface area contributed by atoms with E-state index in [1.54, 1.807) is 18.2 Å². The highest BCUT2D eigenvalue weighted by Gasteiger charge is 2.21. The molecule has 8 aromatic rings. The minimum atomic E-state index is 0.426. The Hall–Kier alpha value is -6.61. The lowest BCUT2D eigenvalue weighted by molar-refractivity contribution is 0.669. The van der Waals surface area contributed by atoms with Crippen molar-refractivity contribution in [3.63, 3.8) is 0 Å². The summed E-state index contributed by atoms with van der Waals surface area (Å²) in [5.74, 6) is 0. The van der Waals surface area contributed by atoms with Crippen LogP contribution in [0.15, 0.2) is 126 Å². The van der Waals surface area contributed by atoms with Crippen molar-refractivity contribution in [3.8, 4) is 40.1 Å². The molecule has 44 heavy (non-hydrogen) atoms. The van der Waals surface area contributed by atoms with E-state index in [-0.39, 0.29) is 0 Å². The highest BCUT2D eigenvalue weighted by molar-refractivity contribution is 6.18. The maximum absolute atomic E-state index is 10.1. The number of nitriles is 2. The SMILES string of the molecule is [C-]#[N+]c1cccc(C#N)c1-c1cccc2c1c1cc(-c3ccccc3C#N)ccc1n2-c1ccc2oc3ccccc3c2c1. The molecule has 0 unspecified atom stereocenters. The van der Waals surface area contributed by atoms with Gasteiger partial charge in [0.05, 0.1) is 35.3 Å². The molecule has 0 fully saturated rings. The van der Waals surface area contributed by atoms with Gasteiger partial charge in [-0.25, -0.2) is 4.85 Å². The summed E-state index contributed by atoms with van der Waals surface area (Å²) >= 11 is 0. The number of para-hydroxylation sites is 1. The van der Waals surface area contributed by atoms with Crippen molar-refractivity contribution in [1.29, 1.82) is 10.5 Å². The molecule has 5 heteroatoms. The van der Waals surface area contributed by atoms with E-state index in [2.05, 4.69) is 57.9 Å². The second-order valence-electron chi connectivity index (χ2n) is 10.6. The summed E-state index contributed by atoms with van der Waals surface area (Å²) in [5, 5.41) is 23.9. The largest absolute Gasteiger partial charge is 0.456 e. The Morgan fingerprint density at radius 2 is 1.36 bits per heavy atom. The number of nitrogens with zero attached hydrogens (tertiary/aromatic N) is 4. The fourth-order valence-corrected chi connectivity index (χ4v) is 6.42. The van der Waals surface area contributed by atoms with E-state index in [1.165, 1.54) is 0 Å². The third-order valence-corrected chi connectivity index (χ3v) is 8.32. The molecular formula is C39H20N4O. The monoisotopic (exact) mass is 560 g/mol. The predicted molar refractivity (Wildman–Crippen MR) is 175 cm³/mol. The number of hydrogen-bond acceptors (Lipinski definition) is 3. The van der Waals surface area contributed by atoms with Crippen LogP contribution in [0.3, 0.4) is 0 Å². The van der Waals surface area contributed by atoms with E-state index in [0.717, 1.165) is 66.1 Å². The van der Waals surface area contributed by atoms with Crippen LogP contribution in [0.5, 0.6) is 0 Å². The van der Waals surface area contributed by atoms with Crippen LogP contribution >= 0.6 is 0 Å². The van der Waals surface area contributed by atoms with Crippen LogP contribution in [0.4, 0.5) is 5.69 Å². The number of furan rings is 1. The van der Waals surface area contributed by atoms with E-state index >= 15 is 0 Å². The first-order valence-electron chi connectivity index (χ1n) is 14.1. The molecule has 0 radical (unpaired) electrons. The highest BCUT2D eigenvalue weighted by Crippen LogP contribution is 2.44. The summed E-state index contributed by atoms with van der Waals surface area (Å²) in [6, 6.07) is 44.0. The summed E-state index contributed by atoms with van der Waals surface area (Å²) in [6.45, 7) is 7.91. The third kappa shape index (κ3) is 3.63. The number of aromatic nitrogens is 1. The second kappa shape index (κ2) is 9.74. The molecule has 5 nitrogen and oxygen atoms in total. The maximum Gasteiger partial charge on any atom is 0.196 e. The average molecular weight is 561 g/mol. The quantitative estimate of drug-likeness (QED) is 0.202. The molecule has 0 aliphatic carbocycles. The van der Waals surface area contributed by atoms with Gasteiger partial charge in [-0.05, 0) is 71.3 Å². The van der Waals surface area contributed by atoms with Crippen molar-refractivity contribution in [3.05, 3.63) is 144 Å². The first-order valence-corrected chi connectivity index (χ1v) is 14.1. The molecule has 6 aromatic carbocycles. The van der Waals surface area contributed by atoms with Gasteiger partial charge in [0.25, 0.3) is 0 Å². The maximum atomic E-state index is 10.1. The van der Waals surface area contributed by atoms with Gasteiger partial charge >= 0.3 is 0 Å². The molecule has 0 saturated heterocycles. The Labute approximate surface area is 252 Å². The topological polar surface area (TPSA) is 70.0 Å². The van der Waals surface area contributed by atoms with Gasteiger partial charge in [0, 0.05) is 38.4 Å². The van der Waals surface area contributed by atoms with Crippen LogP contribution in [0.25, 0.3) is 76.5 Å². The summed E-state index contributed by atoms with van der Waals surface area (Å²) in [6.07, 6.45) is 0. The number of rotatable bonds is 3. The number of fused-ring (bicyclic) bond motifs is 6.